The lowest BCUT2D eigenvalue weighted by Gasteiger charge is -2.14. The highest BCUT2D eigenvalue weighted by Crippen LogP contribution is 2.46. The van der Waals surface area contributed by atoms with Crippen molar-refractivity contribution in [2.75, 3.05) is 13.2 Å². The highest BCUT2D eigenvalue weighted by atomic mass is 16.5. The molecule has 102 valence electrons. The van der Waals surface area contributed by atoms with Crippen LogP contribution in [-0.2, 0) is 19.4 Å². The molecule has 2 aliphatic rings. The Morgan fingerprint density at radius 1 is 1.05 bits per heavy atom. The molecule has 0 atom stereocenters. The molecule has 3 heteroatoms. The maximum atomic E-state index is 5.90. The normalized spacial score (nSPS) is 15.4. The molecule has 2 N–H and O–H groups in total. The fourth-order valence-electron chi connectivity index (χ4n) is 3.14. The van der Waals surface area contributed by atoms with Gasteiger partial charge in [0.15, 0.2) is 0 Å². The summed E-state index contributed by atoms with van der Waals surface area (Å²) in [6, 6.07) is 10.6. The van der Waals surface area contributed by atoms with E-state index in [0.717, 1.165) is 43.1 Å². The summed E-state index contributed by atoms with van der Waals surface area (Å²) in [4.78, 5) is 0. The lowest BCUT2D eigenvalue weighted by atomic mass is 9.93. The van der Waals surface area contributed by atoms with Crippen LogP contribution >= 0.6 is 0 Å². The second kappa shape index (κ2) is 4.53. The summed E-state index contributed by atoms with van der Waals surface area (Å²) in [5, 5.41) is 0. The minimum Gasteiger partial charge on any atom is -0.493 e. The first kappa shape index (κ1) is 11.8. The molecule has 0 spiro atoms. The van der Waals surface area contributed by atoms with E-state index < -0.39 is 0 Å². The molecular weight excluding hydrogens is 250 g/mol. The molecule has 20 heavy (non-hydrogen) atoms. The van der Waals surface area contributed by atoms with Gasteiger partial charge in [-0.25, -0.2) is 0 Å². The van der Waals surface area contributed by atoms with Crippen molar-refractivity contribution in [1.29, 1.82) is 0 Å². The Balaban J connectivity index is 1.96. The van der Waals surface area contributed by atoms with Gasteiger partial charge in [-0.2, -0.15) is 0 Å². The second-order valence-electron chi connectivity index (χ2n) is 5.32. The molecule has 3 nitrogen and oxygen atoms in total. The van der Waals surface area contributed by atoms with Crippen molar-refractivity contribution in [3.63, 3.8) is 0 Å². The highest BCUT2D eigenvalue weighted by Gasteiger charge is 2.27. The van der Waals surface area contributed by atoms with E-state index >= 15 is 0 Å². The van der Waals surface area contributed by atoms with E-state index in [4.69, 9.17) is 15.2 Å². The predicted octanol–water partition coefficient (Wildman–Crippen LogP) is 2.68. The van der Waals surface area contributed by atoms with E-state index in [9.17, 15) is 0 Å². The van der Waals surface area contributed by atoms with Crippen molar-refractivity contribution in [3.8, 4) is 22.6 Å². The zero-order valence-electron chi connectivity index (χ0n) is 11.3. The highest BCUT2D eigenvalue weighted by molar-refractivity contribution is 5.80. The Kier molecular flexibility index (Phi) is 2.67. The van der Waals surface area contributed by atoms with Crippen LogP contribution in [0, 0.1) is 0 Å². The Hall–Kier alpha value is -2.00. The van der Waals surface area contributed by atoms with Gasteiger partial charge in [-0.05, 0) is 23.3 Å². The minimum absolute atomic E-state index is 0.558. The largest absolute Gasteiger partial charge is 0.493 e. The summed E-state index contributed by atoms with van der Waals surface area (Å²) < 4.78 is 11.7. The number of hydrogen-bond donors (Lipinski definition) is 1. The third-order valence-corrected chi connectivity index (χ3v) is 4.10. The Morgan fingerprint density at radius 2 is 1.95 bits per heavy atom. The van der Waals surface area contributed by atoms with Crippen LogP contribution in [0.1, 0.15) is 16.7 Å². The maximum Gasteiger partial charge on any atom is 0.130 e. The Morgan fingerprint density at radius 3 is 2.85 bits per heavy atom. The third-order valence-electron chi connectivity index (χ3n) is 4.10. The number of fused-ring (bicyclic) bond motifs is 2. The first-order valence-electron chi connectivity index (χ1n) is 7.10. The zero-order valence-corrected chi connectivity index (χ0v) is 11.3. The fraction of sp³-hybridized carbons (Fsp3) is 0.294. The zero-order chi connectivity index (χ0) is 13.5. The van der Waals surface area contributed by atoms with Crippen LogP contribution in [0.2, 0.25) is 0 Å². The molecule has 2 aromatic carbocycles. The van der Waals surface area contributed by atoms with Crippen molar-refractivity contribution < 1.29 is 9.47 Å². The van der Waals surface area contributed by atoms with Gasteiger partial charge in [0.2, 0.25) is 0 Å². The van der Waals surface area contributed by atoms with E-state index in [2.05, 4.69) is 30.3 Å². The first-order valence-corrected chi connectivity index (χ1v) is 7.10. The molecular formula is C17H17NO2. The quantitative estimate of drug-likeness (QED) is 0.910. The van der Waals surface area contributed by atoms with Crippen LogP contribution in [0.3, 0.4) is 0 Å². The van der Waals surface area contributed by atoms with E-state index in [0.29, 0.717) is 6.54 Å². The Bertz CT molecular complexity index is 647. The molecule has 2 heterocycles. The van der Waals surface area contributed by atoms with Crippen LogP contribution in [0.4, 0.5) is 0 Å². The molecule has 2 aliphatic heterocycles. The second-order valence-corrected chi connectivity index (χ2v) is 5.32. The molecule has 0 aromatic heterocycles. The minimum atomic E-state index is 0.558. The molecule has 2 aromatic rings. The molecule has 4 rings (SSSR count). The summed E-state index contributed by atoms with van der Waals surface area (Å²) >= 11 is 0. The first-order chi connectivity index (χ1) is 9.86. The van der Waals surface area contributed by atoms with Crippen LogP contribution in [0.5, 0.6) is 11.5 Å². The lowest BCUT2D eigenvalue weighted by Crippen LogP contribution is -1.97. The van der Waals surface area contributed by atoms with Gasteiger partial charge in [0.25, 0.3) is 0 Å². The molecule has 0 amide bonds. The molecule has 0 unspecified atom stereocenters. The van der Waals surface area contributed by atoms with Gasteiger partial charge < -0.3 is 15.2 Å². The van der Waals surface area contributed by atoms with Crippen molar-refractivity contribution in [2.45, 2.75) is 19.4 Å². The van der Waals surface area contributed by atoms with Gasteiger partial charge in [0.05, 0.1) is 13.2 Å². The van der Waals surface area contributed by atoms with Gasteiger partial charge >= 0.3 is 0 Å². The standard InChI is InChI=1S/C17H17NO2/c18-10-11-2-1-3-12(8-11)16-14-5-7-19-15(14)9-13-4-6-20-17(13)16/h1-3,8-9H,4-7,10,18H2. The molecule has 0 bridgehead atoms. The van der Waals surface area contributed by atoms with Crippen LogP contribution in [0.15, 0.2) is 30.3 Å². The van der Waals surface area contributed by atoms with Crippen molar-refractivity contribution in [1.82, 2.24) is 0 Å². The molecule has 0 saturated heterocycles. The number of benzene rings is 2. The summed E-state index contributed by atoms with van der Waals surface area (Å²) in [6.07, 6.45) is 1.92. The van der Waals surface area contributed by atoms with Crippen molar-refractivity contribution in [2.24, 2.45) is 5.73 Å². The topological polar surface area (TPSA) is 44.5 Å². The summed E-state index contributed by atoms with van der Waals surface area (Å²) in [5.74, 6) is 2.07. The number of nitrogens with two attached hydrogens (primary N) is 1. The van der Waals surface area contributed by atoms with Gasteiger partial charge in [0, 0.05) is 36.1 Å². The van der Waals surface area contributed by atoms with E-state index in [1.54, 1.807) is 0 Å². The van der Waals surface area contributed by atoms with Crippen molar-refractivity contribution in [3.05, 3.63) is 47.0 Å². The van der Waals surface area contributed by atoms with Gasteiger partial charge in [-0.3, -0.25) is 0 Å². The molecule has 0 radical (unpaired) electrons. The Labute approximate surface area is 118 Å². The van der Waals surface area contributed by atoms with Crippen LogP contribution in [-0.4, -0.2) is 13.2 Å². The monoisotopic (exact) mass is 267 g/mol. The number of hydrogen-bond acceptors (Lipinski definition) is 3. The lowest BCUT2D eigenvalue weighted by molar-refractivity contribution is 0.356. The summed E-state index contributed by atoms with van der Waals surface area (Å²) in [7, 11) is 0. The number of rotatable bonds is 2. The smallest absolute Gasteiger partial charge is 0.130 e. The number of ether oxygens (including phenoxy) is 2. The van der Waals surface area contributed by atoms with E-state index in [1.165, 1.54) is 22.3 Å². The van der Waals surface area contributed by atoms with Crippen molar-refractivity contribution >= 4 is 0 Å². The van der Waals surface area contributed by atoms with Crippen LogP contribution < -0.4 is 15.2 Å². The van der Waals surface area contributed by atoms with Gasteiger partial charge in [0.1, 0.15) is 11.5 Å². The molecule has 0 aliphatic carbocycles. The fourth-order valence-corrected chi connectivity index (χ4v) is 3.14. The van der Waals surface area contributed by atoms with Gasteiger partial charge in [-0.15, -0.1) is 0 Å². The average molecular weight is 267 g/mol. The molecule has 0 fully saturated rings. The van der Waals surface area contributed by atoms with Gasteiger partial charge in [-0.1, -0.05) is 18.2 Å². The van der Waals surface area contributed by atoms with Crippen LogP contribution in [0.25, 0.3) is 11.1 Å². The molecule has 0 saturated carbocycles. The van der Waals surface area contributed by atoms with E-state index in [1.807, 2.05) is 0 Å². The third kappa shape index (κ3) is 1.70. The SMILES string of the molecule is NCc1cccc(-c2c3c(cc4c2OCC4)OCC3)c1. The predicted molar refractivity (Wildman–Crippen MR) is 78.2 cm³/mol. The summed E-state index contributed by atoms with van der Waals surface area (Å²) in [5.41, 5.74) is 11.9. The average Bonchev–Trinajstić information content (AvgIpc) is 3.12. The summed E-state index contributed by atoms with van der Waals surface area (Å²) in [6.45, 7) is 2.09. The maximum absolute atomic E-state index is 5.90. The van der Waals surface area contributed by atoms with E-state index in [-0.39, 0.29) is 0 Å².